The molecule has 1 N–H and O–H groups in total. The lowest BCUT2D eigenvalue weighted by atomic mass is 9.88. The summed E-state index contributed by atoms with van der Waals surface area (Å²) in [5.74, 6) is 0.463. The van der Waals surface area contributed by atoms with Crippen LogP contribution in [0.2, 0.25) is 0 Å². The highest BCUT2D eigenvalue weighted by molar-refractivity contribution is 9.10. The number of likely N-dealkylation sites (tertiary alicyclic amines) is 1. The summed E-state index contributed by atoms with van der Waals surface area (Å²) in [7, 11) is 0. The zero-order chi connectivity index (χ0) is 25.7. The first-order valence-corrected chi connectivity index (χ1v) is 14.3. The Morgan fingerprint density at radius 2 is 2.17 bits per heavy atom. The van der Waals surface area contributed by atoms with Crippen molar-refractivity contribution < 1.29 is 4.39 Å². The average molecular weight is 570 g/mol. The van der Waals surface area contributed by atoms with Gasteiger partial charge in [0.25, 0.3) is 0 Å². The number of piperidine rings is 1. The Balaban J connectivity index is 1.83. The van der Waals surface area contributed by atoms with Crippen LogP contribution in [0, 0.1) is 5.82 Å². The number of nitrogens with zero attached hydrogens (tertiary/aromatic N) is 3. The molecular formula is C29H34BrFN4S. The molecule has 4 nitrogen and oxygen atoms in total. The normalized spacial score (nSPS) is 20.6. The topological polar surface area (TPSA) is 40.5 Å². The highest BCUT2D eigenvalue weighted by Gasteiger charge is 2.32. The fourth-order valence-corrected chi connectivity index (χ4v) is 6.32. The smallest absolute Gasteiger partial charge is 0.163 e. The molecule has 2 aromatic rings. The Morgan fingerprint density at radius 1 is 1.33 bits per heavy atom. The number of halogens is 2. The SMILES string of the molecule is C=CCc1csc(C2=NC(c3ccc(F)cc3Br)C(C(=C)CCC)=C(CN3CCCCC3C=C)N2)n1. The number of aromatic nitrogens is 1. The van der Waals surface area contributed by atoms with Crippen molar-refractivity contribution in [2.45, 2.75) is 57.5 Å². The van der Waals surface area contributed by atoms with Gasteiger partial charge in [0.1, 0.15) is 11.9 Å². The van der Waals surface area contributed by atoms with Crippen LogP contribution in [-0.2, 0) is 6.42 Å². The number of allylic oxidation sites excluding steroid dienone is 1. The van der Waals surface area contributed by atoms with Crippen LogP contribution in [0.15, 0.2) is 81.8 Å². The maximum absolute atomic E-state index is 14.0. The lowest BCUT2D eigenvalue weighted by molar-refractivity contribution is 0.193. The molecular weight excluding hydrogens is 535 g/mol. The molecule has 3 heterocycles. The second-order valence-electron chi connectivity index (χ2n) is 9.32. The second kappa shape index (κ2) is 12.3. The minimum atomic E-state index is -0.316. The van der Waals surface area contributed by atoms with Crippen molar-refractivity contribution in [2.75, 3.05) is 13.1 Å². The van der Waals surface area contributed by atoms with E-state index in [0.29, 0.717) is 16.9 Å². The van der Waals surface area contributed by atoms with Crippen molar-refractivity contribution in [3.63, 3.8) is 0 Å². The average Bonchev–Trinajstić information content (AvgIpc) is 3.33. The molecule has 1 aromatic heterocycles. The fraction of sp³-hybridized carbons (Fsp3) is 0.379. The molecule has 7 heteroatoms. The van der Waals surface area contributed by atoms with Crippen molar-refractivity contribution in [3.05, 3.63) is 98.9 Å². The van der Waals surface area contributed by atoms with E-state index in [1.54, 1.807) is 11.3 Å². The molecule has 0 saturated carbocycles. The van der Waals surface area contributed by atoms with Gasteiger partial charge in [0.2, 0.25) is 0 Å². The molecule has 1 fully saturated rings. The summed E-state index contributed by atoms with van der Waals surface area (Å²) in [6.07, 6.45) is 10.0. The van der Waals surface area contributed by atoms with Crippen molar-refractivity contribution in [1.82, 2.24) is 15.2 Å². The van der Waals surface area contributed by atoms with E-state index in [4.69, 9.17) is 9.98 Å². The maximum Gasteiger partial charge on any atom is 0.163 e. The predicted molar refractivity (Wildman–Crippen MR) is 153 cm³/mol. The lowest BCUT2D eigenvalue weighted by Gasteiger charge is -2.37. The number of benzene rings is 1. The highest BCUT2D eigenvalue weighted by Crippen LogP contribution is 2.40. The van der Waals surface area contributed by atoms with E-state index in [1.165, 1.54) is 25.0 Å². The predicted octanol–water partition coefficient (Wildman–Crippen LogP) is 7.52. The number of aliphatic imine (C=N–C) groups is 1. The van der Waals surface area contributed by atoms with Crippen LogP contribution in [-0.4, -0.2) is 34.9 Å². The first-order chi connectivity index (χ1) is 17.4. The molecule has 1 saturated heterocycles. The highest BCUT2D eigenvalue weighted by atomic mass is 79.9. The van der Waals surface area contributed by atoms with E-state index in [0.717, 1.165) is 71.3 Å². The Kier molecular flexibility index (Phi) is 9.09. The maximum atomic E-state index is 14.0. The first kappa shape index (κ1) is 26.7. The van der Waals surface area contributed by atoms with Gasteiger partial charge in [0, 0.05) is 40.1 Å². The number of hydrogen-bond donors (Lipinski definition) is 1. The van der Waals surface area contributed by atoms with Gasteiger partial charge in [-0.25, -0.2) is 9.37 Å². The van der Waals surface area contributed by atoms with E-state index >= 15 is 0 Å². The monoisotopic (exact) mass is 568 g/mol. The molecule has 2 aliphatic heterocycles. The third-order valence-corrected chi connectivity index (χ3v) is 8.31. The number of hydrogen-bond acceptors (Lipinski definition) is 5. The van der Waals surface area contributed by atoms with Gasteiger partial charge in [-0.05, 0) is 49.1 Å². The summed E-state index contributed by atoms with van der Waals surface area (Å²) in [6.45, 7) is 16.3. The minimum Gasteiger partial charge on any atom is -0.340 e. The molecule has 4 rings (SSSR count). The van der Waals surface area contributed by atoms with Gasteiger partial charge in [0.15, 0.2) is 10.8 Å². The van der Waals surface area contributed by atoms with E-state index in [2.05, 4.69) is 64.3 Å². The van der Waals surface area contributed by atoms with Crippen LogP contribution < -0.4 is 5.32 Å². The van der Waals surface area contributed by atoms with Crippen LogP contribution in [0.4, 0.5) is 4.39 Å². The minimum absolute atomic E-state index is 0.280. The summed E-state index contributed by atoms with van der Waals surface area (Å²) in [4.78, 5) is 12.5. The van der Waals surface area contributed by atoms with Crippen LogP contribution >= 0.6 is 27.3 Å². The Hall–Kier alpha value is -2.35. The summed E-state index contributed by atoms with van der Waals surface area (Å²) in [5, 5.41) is 6.56. The molecule has 0 amide bonds. The van der Waals surface area contributed by atoms with Gasteiger partial charge in [-0.2, -0.15) is 0 Å². The fourth-order valence-electron chi connectivity index (χ4n) is 4.97. The molecule has 2 atom stereocenters. The van der Waals surface area contributed by atoms with Gasteiger partial charge in [-0.3, -0.25) is 9.89 Å². The molecule has 0 bridgehead atoms. The quantitative estimate of drug-likeness (QED) is 0.301. The molecule has 190 valence electrons. The van der Waals surface area contributed by atoms with E-state index in [9.17, 15) is 4.39 Å². The molecule has 36 heavy (non-hydrogen) atoms. The zero-order valence-corrected chi connectivity index (χ0v) is 23.3. The van der Waals surface area contributed by atoms with Gasteiger partial charge < -0.3 is 5.32 Å². The van der Waals surface area contributed by atoms with Crippen molar-refractivity contribution in [1.29, 1.82) is 0 Å². The van der Waals surface area contributed by atoms with Crippen LogP contribution in [0.25, 0.3) is 0 Å². The first-order valence-electron chi connectivity index (χ1n) is 12.6. The molecule has 0 spiro atoms. The summed E-state index contributed by atoms with van der Waals surface area (Å²) >= 11 is 5.18. The summed E-state index contributed by atoms with van der Waals surface area (Å²) in [6, 6.07) is 4.86. The number of nitrogens with one attached hydrogen (secondary N) is 1. The Morgan fingerprint density at radius 3 is 2.89 bits per heavy atom. The van der Waals surface area contributed by atoms with Gasteiger partial charge in [-0.15, -0.1) is 24.5 Å². The Labute approximate surface area is 226 Å². The number of thiazole rings is 1. The van der Waals surface area contributed by atoms with E-state index < -0.39 is 0 Å². The summed E-state index contributed by atoms with van der Waals surface area (Å²) in [5.41, 5.74) is 5.13. The molecule has 0 radical (unpaired) electrons. The van der Waals surface area contributed by atoms with Gasteiger partial charge in [-0.1, -0.05) is 60.5 Å². The van der Waals surface area contributed by atoms with Crippen LogP contribution in [0.3, 0.4) is 0 Å². The third-order valence-electron chi connectivity index (χ3n) is 6.72. The molecule has 0 aliphatic carbocycles. The Bertz CT molecular complexity index is 1200. The van der Waals surface area contributed by atoms with E-state index in [-0.39, 0.29) is 11.9 Å². The van der Waals surface area contributed by atoms with E-state index in [1.807, 2.05) is 12.1 Å². The molecule has 2 aliphatic rings. The zero-order valence-electron chi connectivity index (χ0n) is 20.9. The largest absolute Gasteiger partial charge is 0.340 e. The second-order valence-corrected chi connectivity index (χ2v) is 11.0. The molecule has 2 unspecified atom stereocenters. The van der Waals surface area contributed by atoms with Crippen molar-refractivity contribution in [2.24, 2.45) is 4.99 Å². The standard InChI is InChI=1S/C29H34BrFN4S/c1-5-10-19(4)26-25(17-35-15-9-8-12-22(35)7-3)33-28(29-32-21(11-6-2)18-36-29)34-27(26)23-14-13-20(31)16-24(23)30/h6-7,13-14,16,18,22,27H,2-5,8-12,15,17H2,1H3,(H,33,34). The number of rotatable bonds is 10. The van der Waals surface area contributed by atoms with Crippen LogP contribution in [0.5, 0.6) is 0 Å². The van der Waals surface area contributed by atoms with Gasteiger partial charge >= 0.3 is 0 Å². The van der Waals surface area contributed by atoms with Crippen molar-refractivity contribution in [3.8, 4) is 0 Å². The lowest BCUT2D eigenvalue weighted by Crippen LogP contribution is -2.44. The third kappa shape index (κ3) is 5.96. The van der Waals surface area contributed by atoms with Gasteiger partial charge in [0.05, 0.1) is 5.69 Å². The molecule has 1 aromatic carbocycles. The summed E-state index contributed by atoms with van der Waals surface area (Å²) < 4.78 is 14.7. The van der Waals surface area contributed by atoms with Crippen molar-refractivity contribution >= 4 is 33.1 Å². The van der Waals surface area contributed by atoms with Crippen LogP contribution in [0.1, 0.15) is 61.3 Å². The number of amidine groups is 1.